The minimum atomic E-state index is -0.296. The summed E-state index contributed by atoms with van der Waals surface area (Å²) in [6.45, 7) is 10.2. The predicted octanol–water partition coefficient (Wildman–Crippen LogP) is 4.75. The van der Waals surface area contributed by atoms with E-state index in [1.807, 2.05) is 6.26 Å². The van der Waals surface area contributed by atoms with Crippen molar-refractivity contribution in [1.29, 1.82) is 0 Å². The van der Waals surface area contributed by atoms with Gasteiger partial charge in [-0.25, -0.2) is 0 Å². The fourth-order valence-corrected chi connectivity index (χ4v) is 5.97. The number of methoxy groups -OCH3 is 1. The molecule has 2 saturated carbocycles. The number of carbonyl (C=O) groups excluding carboxylic acids is 1. The predicted molar refractivity (Wildman–Crippen MR) is 107 cm³/mol. The maximum Gasteiger partial charge on any atom is 0.226 e. The van der Waals surface area contributed by atoms with E-state index in [9.17, 15) is 4.79 Å². The van der Waals surface area contributed by atoms with E-state index in [0.717, 1.165) is 38.5 Å². The zero-order valence-corrected chi connectivity index (χ0v) is 17.2. The zero-order chi connectivity index (χ0) is 19.5. The van der Waals surface area contributed by atoms with Crippen molar-refractivity contribution in [2.75, 3.05) is 20.3 Å². The normalized spacial score (nSPS) is 33.5. The van der Waals surface area contributed by atoms with Gasteiger partial charge in [-0.1, -0.05) is 32.4 Å². The van der Waals surface area contributed by atoms with Gasteiger partial charge >= 0.3 is 0 Å². The molecule has 0 spiro atoms. The van der Waals surface area contributed by atoms with Crippen LogP contribution < -0.4 is 5.32 Å². The van der Waals surface area contributed by atoms with E-state index in [2.05, 4.69) is 31.8 Å². The number of furan rings is 1. The Labute approximate surface area is 163 Å². The van der Waals surface area contributed by atoms with Gasteiger partial charge in [0, 0.05) is 19.1 Å². The monoisotopic (exact) mass is 373 g/mol. The molecule has 150 valence electrons. The number of fused-ring (bicyclic) bond motifs is 1. The molecule has 0 radical (unpaired) electrons. The van der Waals surface area contributed by atoms with Gasteiger partial charge in [-0.15, -0.1) is 0 Å². The van der Waals surface area contributed by atoms with Crippen molar-refractivity contribution < 1.29 is 13.9 Å². The van der Waals surface area contributed by atoms with Crippen LogP contribution in [0.5, 0.6) is 0 Å². The lowest BCUT2D eigenvalue weighted by atomic mass is 9.46. The van der Waals surface area contributed by atoms with Crippen molar-refractivity contribution in [3.05, 3.63) is 36.3 Å². The Morgan fingerprint density at radius 1 is 1.41 bits per heavy atom. The van der Waals surface area contributed by atoms with Gasteiger partial charge in [0.2, 0.25) is 5.91 Å². The summed E-state index contributed by atoms with van der Waals surface area (Å²) >= 11 is 0. The molecule has 4 atom stereocenters. The highest BCUT2D eigenvalue weighted by atomic mass is 16.5. The fourth-order valence-electron chi connectivity index (χ4n) is 5.97. The van der Waals surface area contributed by atoms with E-state index in [-0.39, 0.29) is 16.7 Å². The van der Waals surface area contributed by atoms with Crippen molar-refractivity contribution >= 4 is 5.91 Å². The van der Waals surface area contributed by atoms with Crippen molar-refractivity contribution in [3.8, 4) is 0 Å². The fraction of sp³-hybridized carbons (Fsp3) is 0.696. The van der Waals surface area contributed by atoms with Gasteiger partial charge in [0.25, 0.3) is 0 Å². The minimum Gasteiger partial charge on any atom is -0.472 e. The Morgan fingerprint density at radius 2 is 2.22 bits per heavy atom. The maximum absolute atomic E-state index is 13.1. The summed E-state index contributed by atoms with van der Waals surface area (Å²) in [6, 6.07) is 2.06. The van der Waals surface area contributed by atoms with Crippen LogP contribution in [0, 0.1) is 22.7 Å². The number of amides is 1. The summed E-state index contributed by atoms with van der Waals surface area (Å²) in [5.74, 6) is 1.08. The Bertz CT molecular complexity index is 653. The summed E-state index contributed by atoms with van der Waals surface area (Å²) < 4.78 is 10.3. The van der Waals surface area contributed by atoms with E-state index in [0.29, 0.717) is 25.0 Å². The Hall–Kier alpha value is -1.55. The molecule has 0 unspecified atom stereocenters. The van der Waals surface area contributed by atoms with E-state index in [1.165, 1.54) is 17.6 Å². The number of allylic oxidation sites excluding steroid dienone is 1. The molecule has 1 amide bonds. The molecule has 2 aliphatic carbocycles. The molecule has 4 nitrogen and oxygen atoms in total. The molecule has 1 heterocycles. The number of hydrogen-bond donors (Lipinski definition) is 1. The Kier molecular flexibility index (Phi) is 6.15. The highest BCUT2D eigenvalue weighted by Crippen LogP contribution is 2.61. The van der Waals surface area contributed by atoms with Crippen LogP contribution in [-0.2, 0) is 16.0 Å². The number of carbonyl (C=O) groups is 1. The van der Waals surface area contributed by atoms with Crippen LogP contribution in [-0.4, -0.2) is 26.2 Å². The van der Waals surface area contributed by atoms with Crippen LogP contribution in [0.3, 0.4) is 0 Å². The molecular formula is C23H35NO3. The molecule has 0 saturated heterocycles. The van der Waals surface area contributed by atoms with Gasteiger partial charge in [0.05, 0.1) is 19.1 Å². The highest BCUT2D eigenvalue weighted by molar-refractivity contribution is 5.83. The third kappa shape index (κ3) is 3.87. The molecule has 4 heteroatoms. The molecule has 1 N–H and O–H groups in total. The van der Waals surface area contributed by atoms with Gasteiger partial charge in [0.15, 0.2) is 0 Å². The van der Waals surface area contributed by atoms with E-state index in [4.69, 9.17) is 9.15 Å². The summed E-state index contributed by atoms with van der Waals surface area (Å²) in [4.78, 5) is 13.1. The average molecular weight is 374 g/mol. The number of nitrogens with one attached hydrogen (secondary N) is 1. The number of rotatable bonds is 7. The largest absolute Gasteiger partial charge is 0.472 e. The van der Waals surface area contributed by atoms with E-state index >= 15 is 0 Å². The molecule has 3 rings (SSSR count). The first-order valence-corrected chi connectivity index (χ1v) is 10.4. The van der Waals surface area contributed by atoms with Crippen molar-refractivity contribution in [3.63, 3.8) is 0 Å². The van der Waals surface area contributed by atoms with E-state index < -0.39 is 0 Å². The van der Waals surface area contributed by atoms with Crippen LogP contribution >= 0.6 is 0 Å². The molecule has 27 heavy (non-hydrogen) atoms. The topological polar surface area (TPSA) is 51.5 Å². The molecule has 1 aromatic heterocycles. The summed E-state index contributed by atoms with van der Waals surface area (Å²) in [5, 5.41) is 3.13. The lowest BCUT2D eigenvalue weighted by Gasteiger charge is -2.58. The third-order valence-electron chi connectivity index (χ3n) is 7.43. The second kappa shape index (κ2) is 8.22. The van der Waals surface area contributed by atoms with Gasteiger partial charge in [0.1, 0.15) is 0 Å². The summed E-state index contributed by atoms with van der Waals surface area (Å²) in [5.41, 5.74) is 2.48. The van der Waals surface area contributed by atoms with Gasteiger partial charge in [-0.2, -0.15) is 0 Å². The first-order valence-electron chi connectivity index (χ1n) is 10.4. The minimum absolute atomic E-state index is 0.144. The Balaban J connectivity index is 1.78. The number of hydrogen-bond acceptors (Lipinski definition) is 3. The molecule has 2 aliphatic rings. The second-order valence-electron chi connectivity index (χ2n) is 9.00. The second-order valence-corrected chi connectivity index (χ2v) is 9.00. The van der Waals surface area contributed by atoms with Crippen molar-refractivity contribution in [2.45, 2.75) is 58.8 Å². The first-order chi connectivity index (χ1) is 12.9. The standard InChI is InChI=1S/C23H35NO3/c1-17-6-9-20-22(2,19(17)8-7-18-10-14-27-16-18)11-5-12-23(20,3)21(25)24-13-15-26-4/h10,14,16,19-20H,1,5-9,11-13,15H2,2-4H3,(H,24,25)/t19-,20+,22+,23+/m1/s1. The van der Waals surface area contributed by atoms with Crippen LogP contribution in [0.4, 0.5) is 0 Å². The molecule has 1 aromatic rings. The van der Waals surface area contributed by atoms with Crippen molar-refractivity contribution in [1.82, 2.24) is 5.32 Å². The van der Waals surface area contributed by atoms with Crippen LogP contribution in [0.25, 0.3) is 0 Å². The van der Waals surface area contributed by atoms with Crippen LogP contribution in [0.1, 0.15) is 57.9 Å². The van der Waals surface area contributed by atoms with Crippen LogP contribution in [0.2, 0.25) is 0 Å². The molecule has 2 fully saturated rings. The lowest BCUT2D eigenvalue weighted by Crippen LogP contribution is -2.56. The maximum atomic E-state index is 13.1. The highest BCUT2D eigenvalue weighted by Gasteiger charge is 2.56. The lowest BCUT2D eigenvalue weighted by molar-refractivity contribution is -0.146. The number of aryl methyl sites for hydroxylation is 1. The SMILES string of the molecule is C=C1CC[C@H]2[C@@](C)(CCC[C@]2(C)C(=O)NCCOC)[C@@H]1CCc1ccoc1. The first kappa shape index (κ1) is 20.2. The van der Waals surface area contributed by atoms with Gasteiger partial charge in [-0.05, 0) is 67.4 Å². The molecule has 0 bridgehead atoms. The van der Waals surface area contributed by atoms with Gasteiger partial charge < -0.3 is 14.5 Å². The average Bonchev–Trinajstić information content (AvgIpc) is 3.14. The summed E-state index contributed by atoms with van der Waals surface area (Å²) in [6.07, 6.45) is 11.1. The van der Waals surface area contributed by atoms with Crippen LogP contribution in [0.15, 0.2) is 35.2 Å². The molecule has 0 aliphatic heterocycles. The molecular weight excluding hydrogens is 338 g/mol. The smallest absolute Gasteiger partial charge is 0.226 e. The van der Waals surface area contributed by atoms with E-state index in [1.54, 1.807) is 13.4 Å². The van der Waals surface area contributed by atoms with Crippen molar-refractivity contribution in [2.24, 2.45) is 22.7 Å². The van der Waals surface area contributed by atoms with Gasteiger partial charge in [-0.3, -0.25) is 4.79 Å². The Morgan fingerprint density at radius 3 is 2.93 bits per heavy atom. The molecule has 0 aromatic carbocycles. The third-order valence-corrected chi connectivity index (χ3v) is 7.43. The summed E-state index contributed by atoms with van der Waals surface area (Å²) in [7, 11) is 1.67. The quantitative estimate of drug-likeness (QED) is 0.554. The zero-order valence-electron chi connectivity index (χ0n) is 17.2. The number of ether oxygens (including phenoxy) is 1.